The second kappa shape index (κ2) is 4.13. The SMILES string of the molecule is CC(C)(C)C/C=C(\CN)C(F)(F)F. The molecule has 0 aromatic heterocycles. The number of hydrogen-bond acceptors (Lipinski definition) is 1. The van der Waals surface area contributed by atoms with Crippen LogP contribution >= 0.6 is 0 Å². The minimum absolute atomic E-state index is 0.133. The predicted octanol–water partition coefficient (Wildman–Crippen LogP) is 2.87. The first-order valence-corrected chi connectivity index (χ1v) is 4.13. The first-order valence-electron chi connectivity index (χ1n) is 4.13. The molecule has 0 bridgehead atoms. The van der Waals surface area contributed by atoms with Gasteiger partial charge >= 0.3 is 6.18 Å². The van der Waals surface area contributed by atoms with Crippen molar-refractivity contribution < 1.29 is 13.2 Å². The molecule has 2 N–H and O–H groups in total. The molecule has 0 spiro atoms. The van der Waals surface area contributed by atoms with Crippen molar-refractivity contribution in [2.24, 2.45) is 11.1 Å². The van der Waals surface area contributed by atoms with Crippen LogP contribution in [0.3, 0.4) is 0 Å². The van der Waals surface area contributed by atoms with Gasteiger partial charge in [-0.15, -0.1) is 0 Å². The van der Waals surface area contributed by atoms with E-state index in [1.54, 1.807) is 0 Å². The molecule has 0 aromatic carbocycles. The normalized spacial score (nSPS) is 14.8. The van der Waals surface area contributed by atoms with E-state index in [0.717, 1.165) is 0 Å². The maximum absolute atomic E-state index is 12.1. The fourth-order valence-corrected chi connectivity index (χ4v) is 0.744. The van der Waals surface area contributed by atoms with E-state index < -0.39 is 18.3 Å². The van der Waals surface area contributed by atoms with Crippen molar-refractivity contribution in [1.82, 2.24) is 0 Å². The summed E-state index contributed by atoms with van der Waals surface area (Å²) in [7, 11) is 0. The molecule has 0 rings (SSSR count). The molecule has 0 aliphatic carbocycles. The van der Waals surface area contributed by atoms with Gasteiger partial charge in [-0.25, -0.2) is 0 Å². The second-order valence-electron chi connectivity index (χ2n) is 4.20. The average Bonchev–Trinajstić information content (AvgIpc) is 1.82. The Labute approximate surface area is 76.8 Å². The molecule has 1 nitrogen and oxygen atoms in total. The van der Waals surface area contributed by atoms with Crippen molar-refractivity contribution in [2.75, 3.05) is 6.54 Å². The van der Waals surface area contributed by atoms with Gasteiger partial charge in [0.15, 0.2) is 0 Å². The monoisotopic (exact) mass is 195 g/mol. The van der Waals surface area contributed by atoms with Gasteiger partial charge in [0.2, 0.25) is 0 Å². The molecule has 13 heavy (non-hydrogen) atoms. The lowest BCUT2D eigenvalue weighted by Gasteiger charge is -2.17. The van der Waals surface area contributed by atoms with E-state index in [9.17, 15) is 13.2 Å². The maximum atomic E-state index is 12.1. The lowest BCUT2D eigenvalue weighted by atomic mass is 9.91. The molecular formula is C9H16F3N. The number of rotatable bonds is 2. The number of alkyl halides is 3. The van der Waals surface area contributed by atoms with Crippen LogP contribution in [0.25, 0.3) is 0 Å². The van der Waals surface area contributed by atoms with E-state index in [1.807, 2.05) is 20.8 Å². The fraction of sp³-hybridized carbons (Fsp3) is 0.778. The lowest BCUT2D eigenvalue weighted by Crippen LogP contribution is -2.20. The highest BCUT2D eigenvalue weighted by Crippen LogP contribution is 2.27. The van der Waals surface area contributed by atoms with Crippen molar-refractivity contribution in [3.05, 3.63) is 11.6 Å². The quantitative estimate of drug-likeness (QED) is 0.673. The summed E-state index contributed by atoms with van der Waals surface area (Å²) in [5, 5.41) is 0. The molecule has 0 saturated carbocycles. The third-order valence-electron chi connectivity index (χ3n) is 1.54. The summed E-state index contributed by atoms with van der Waals surface area (Å²) in [6.07, 6.45) is -2.71. The summed E-state index contributed by atoms with van der Waals surface area (Å²) >= 11 is 0. The molecule has 0 aromatic rings. The highest BCUT2D eigenvalue weighted by molar-refractivity contribution is 5.10. The van der Waals surface area contributed by atoms with Gasteiger partial charge in [-0.05, 0) is 11.8 Å². The second-order valence-corrected chi connectivity index (χ2v) is 4.20. The first kappa shape index (κ1) is 12.5. The van der Waals surface area contributed by atoms with E-state index in [1.165, 1.54) is 6.08 Å². The Balaban J connectivity index is 4.42. The smallest absolute Gasteiger partial charge is 0.326 e. The average molecular weight is 195 g/mol. The summed E-state index contributed by atoms with van der Waals surface area (Å²) in [4.78, 5) is 0. The van der Waals surface area contributed by atoms with E-state index in [4.69, 9.17) is 5.73 Å². The molecule has 0 saturated heterocycles. The third-order valence-corrected chi connectivity index (χ3v) is 1.54. The third kappa shape index (κ3) is 5.69. The highest BCUT2D eigenvalue weighted by Gasteiger charge is 2.32. The molecule has 0 fully saturated rings. The van der Waals surface area contributed by atoms with Crippen molar-refractivity contribution in [2.45, 2.75) is 33.4 Å². The topological polar surface area (TPSA) is 26.0 Å². The lowest BCUT2D eigenvalue weighted by molar-refractivity contribution is -0.0925. The Kier molecular flexibility index (Phi) is 3.97. The van der Waals surface area contributed by atoms with Crippen molar-refractivity contribution in [3.63, 3.8) is 0 Å². The van der Waals surface area contributed by atoms with Gasteiger partial charge in [0.1, 0.15) is 0 Å². The fourth-order valence-electron chi connectivity index (χ4n) is 0.744. The number of allylic oxidation sites excluding steroid dienone is 1. The van der Waals surface area contributed by atoms with E-state index in [0.29, 0.717) is 6.42 Å². The maximum Gasteiger partial charge on any atom is 0.413 e. The molecule has 0 aliphatic rings. The Hall–Kier alpha value is -0.510. The molecule has 0 radical (unpaired) electrons. The zero-order chi connectivity index (χ0) is 10.7. The van der Waals surface area contributed by atoms with Crippen molar-refractivity contribution >= 4 is 0 Å². The minimum Gasteiger partial charge on any atom is -0.326 e. The minimum atomic E-state index is -4.28. The number of nitrogens with two attached hydrogens (primary N) is 1. The Bertz CT molecular complexity index is 186. The summed E-state index contributed by atoms with van der Waals surface area (Å²) < 4.78 is 36.4. The van der Waals surface area contributed by atoms with Gasteiger partial charge in [-0.2, -0.15) is 13.2 Å². The van der Waals surface area contributed by atoms with Crippen LogP contribution in [0.1, 0.15) is 27.2 Å². The van der Waals surface area contributed by atoms with Gasteiger partial charge in [0.25, 0.3) is 0 Å². The molecule has 0 atom stereocenters. The van der Waals surface area contributed by atoms with Gasteiger partial charge in [0.05, 0.1) is 0 Å². The van der Waals surface area contributed by atoms with Crippen molar-refractivity contribution in [3.8, 4) is 0 Å². The van der Waals surface area contributed by atoms with Crippen LogP contribution in [0.5, 0.6) is 0 Å². The summed E-state index contributed by atoms with van der Waals surface area (Å²) in [5.41, 5.74) is 4.23. The Morgan fingerprint density at radius 1 is 1.23 bits per heavy atom. The van der Waals surface area contributed by atoms with Crippen LogP contribution in [0.2, 0.25) is 0 Å². The molecule has 78 valence electrons. The van der Waals surface area contributed by atoms with Crippen LogP contribution in [0.4, 0.5) is 13.2 Å². The molecular weight excluding hydrogens is 179 g/mol. The Morgan fingerprint density at radius 3 is 1.92 bits per heavy atom. The van der Waals surface area contributed by atoms with Gasteiger partial charge in [-0.3, -0.25) is 0 Å². The standard InChI is InChI=1S/C9H16F3N/c1-8(2,3)5-4-7(6-13)9(10,11)12/h4H,5-6,13H2,1-3H3/b7-4+. The number of hydrogen-bond donors (Lipinski definition) is 1. The zero-order valence-corrected chi connectivity index (χ0v) is 8.20. The van der Waals surface area contributed by atoms with Gasteiger partial charge in [-0.1, -0.05) is 26.8 Å². The Morgan fingerprint density at radius 2 is 1.69 bits per heavy atom. The van der Waals surface area contributed by atoms with Crippen LogP contribution in [0.15, 0.2) is 11.6 Å². The van der Waals surface area contributed by atoms with Gasteiger partial charge in [0, 0.05) is 12.1 Å². The van der Waals surface area contributed by atoms with E-state index in [-0.39, 0.29) is 5.41 Å². The van der Waals surface area contributed by atoms with Crippen molar-refractivity contribution in [1.29, 1.82) is 0 Å². The van der Waals surface area contributed by atoms with Crippen LogP contribution in [-0.4, -0.2) is 12.7 Å². The first-order chi connectivity index (χ1) is 5.67. The highest BCUT2D eigenvalue weighted by atomic mass is 19.4. The van der Waals surface area contributed by atoms with Crippen LogP contribution < -0.4 is 5.73 Å². The summed E-state index contributed by atoms with van der Waals surface area (Å²) in [5.74, 6) is 0. The predicted molar refractivity (Wildman–Crippen MR) is 47.3 cm³/mol. The summed E-state index contributed by atoms with van der Waals surface area (Å²) in [6, 6.07) is 0. The molecule has 0 amide bonds. The van der Waals surface area contributed by atoms with Crippen LogP contribution in [0, 0.1) is 5.41 Å². The zero-order valence-electron chi connectivity index (χ0n) is 8.20. The number of halogens is 3. The van der Waals surface area contributed by atoms with Crippen LogP contribution in [-0.2, 0) is 0 Å². The largest absolute Gasteiger partial charge is 0.413 e. The molecule has 0 aliphatic heterocycles. The van der Waals surface area contributed by atoms with E-state index >= 15 is 0 Å². The van der Waals surface area contributed by atoms with Gasteiger partial charge < -0.3 is 5.73 Å². The molecule has 0 unspecified atom stereocenters. The summed E-state index contributed by atoms with van der Waals surface area (Å²) in [6.45, 7) is 5.20. The molecule has 4 heteroatoms. The van der Waals surface area contributed by atoms with E-state index in [2.05, 4.69) is 0 Å². The molecule has 0 heterocycles.